The standard InChI is InChI=1S/C17H25N3O5S/c1-4-25-17(22)15-7-5-6-14(18-15)16(21)20(10-9-19(2)3)13-8-11-26(23,24)12-13/h5-7,13H,4,8-12H2,1-3H3. The van der Waals surface area contributed by atoms with Gasteiger partial charge in [-0.3, -0.25) is 4.79 Å². The van der Waals surface area contributed by atoms with E-state index in [1.54, 1.807) is 17.9 Å². The molecule has 1 aliphatic heterocycles. The fraction of sp³-hybridized carbons (Fsp3) is 0.588. The number of nitrogens with zero attached hydrogens (tertiary/aromatic N) is 3. The second-order valence-corrected chi connectivity index (χ2v) is 8.72. The molecule has 0 bridgehead atoms. The maximum Gasteiger partial charge on any atom is 0.356 e. The van der Waals surface area contributed by atoms with Crippen LogP contribution >= 0.6 is 0 Å². The fourth-order valence-electron chi connectivity index (χ4n) is 2.80. The molecule has 1 atom stereocenters. The summed E-state index contributed by atoms with van der Waals surface area (Å²) in [6.07, 6.45) is 0.416. The molecule has 0 aliphatic carbocycles. The van der Waals surface area contributed by atoms with Gasteiger partial charge in [-0.25, -0.2) is 18.2 Å². The number of pyridine rings is 1. The van der Waals surface area contributed by atoms with Gasteiger partial charge in [-0.1, -0.05) is 6.07 Å². The van der Waals surface area contributed by atoms with Gasteiger partial charge in [0.15, 0.2) is 9.84 Å². The average molecular weight is 383 g/mol. The molecular weight excluding hydrogens is 358 g/mol. The largest absolute Gasteiger partial charge is 0.461 e. The van der Waals surface area contributed by atoms with E-state index in [0.717, 1.165) is 0 Å². The molecule has 2 heterocycles. The summed E-state index contributed by atoms with van der Waals surface area (Å²) in [5.41, 5.74) is 0.169. The highest BCUT2D eigenvalue weighted by Gasteiger charge is 2.35. The first-order chi connectivity index (χ1) is 12.2. The van der Waals surface area contributed by atoms with Crippen LogP contribution in [-0.4, -0.2) is 86.4 Å². The van der Waals surface area contributed by atoms with Gasteiger partial charge in [0.05, 0.1) is 18.1 Å². The number of aromatic nitrogens is 1. The van der Waals surface area contributed by atoms with E-state index in [9.17, 15) is 18.0 Å². The number of carbonyl (C=O) groups excluding carboxylic acids is 2. The Balaban J connectivity index is 2.25. The second kappa shape index (κ2) is 8.59. The van der Waals surface area contributed by atoms with Crippen molar-refractivity contribution in [3.05, 3.63) is 29.6 Å². The fourth-order valence-corrected chi connectivity index (χ4v) is 4.53. The van der Waals surface area contributed by atoms with Gasteiger partial charge in [0.25, 0.3) is 5.91 Å². The molecule has 1 aromatic heterocycles. The third-order valence-corrected chi connectivity index (χ3v) is 5.90. The molecule has 1 unspecified atom stereocenters. The van der Waals surface area contributed by atoms with Gasteiger partial charge in [-0.2, -0.15) is 0 Å². The molecule has 1 saturated heterocycles. The Morgan fingerprint density at radius 3 is 2.50 bits per heavy atom. The van der Waals surface area contributed by atoms with Crippen LogP contribution in [0.3, 0.4) is 0 Å². The predicted octanol–water partition coefficient (Wildman–Crippen LogP) is 0.449. The summed E-state index contributed by atoms with van der Waals surface area (Å²) < 4.78 is 28.6. The van der Waals surface area contributed by atoms with Gasteiger partial charge in [0.1, 0.15) is 11.4 Å². The number of ether oxygens (including phenoxy) is 1. The molecular formula is C17H25N3O5S. The molecule has 2 rings (SSSR count). The van der Waals surface area contributed by atoms with Gasteiger partial charge in [-0.15, -0.1) is 0 Å². The van der Waals surface area contributed by atoms with E-state index in [4.69, 9.17) is 4.74 Å². The highest BCUT2D eigenvalue weighted by atomic mass is 32.2. The van der Waals surface area contributed by atoms with Gasteiger partial charge in [0.2, 0.25) is 0 Å². The van der Waals surface area contributed by atoms with Crippen molar-refractivity contribution in [3.63, 3.8) is 0 Å². The summed E-state index contributed by atoms with van der Waals surface area (Å²) in [5.74, 6) is -0.922. The summed E-state index contributed by atoms with van der Waals surface area (Å²) in [7, 11) is 0.640. The molecule has 1 fully saturated rings. The SMILES string of the molecule is CCOC(=O)c1cccc(C(=O)N(CCN(C)C)C2CCS(=O)(=O)C2)n1. The minimum atomic E-state index is -3.13. The van der Waals surface area contributed by atoms with Crippen molar-refractivity contribution < 1.29 is 22.7 Å². The van der Waals surface area contributed by atoms with E-state index >= 15 is 0 Å². The van der Waals surface area contributed by atoms with Crippen LogP contribution in [0.1, 0.15) is 34.3 Å². The maximum atomic E-state index is 13.0. The van der Waals surface area contributed by atoms with Gasteiger partial charge >= 0.3 is 5.97 Å². The van der Waals surface area contributed by atoms with Crippen molar-refractivity contribution in [3.8, 4) is 0 Å². The molecule has 144 valence electrons. The number of carbonyl (C=O) groups is 2. The Labute approximate surface area is 154 Å². The first-order valence-corrected chi connectivity index (χ1v) is 10.4. The Bertz CT molecular complexity index is 763. The molecule has 0 N–H and O–H groups in total. The Kier molecular flexibility index (Phi) is 6.71. The van der Waals surface area contributed by atoms with E-state index < -0.39 is 15.8 Å². The highest BCUT2D eigenvalue weighted by Crippen LogP contribution is 2.20. The lowest BCUT2D eigenvalue weighted by atomic mass is 10.2. The molecule has 1 amide bonds. The Morgan fingerprint density at radius 1 is 1.23 bits per heavy atom. The number of amides is 1. The van der Waals surface area contributed by atoms with Crippen LogP contribution in [0.25, 0.3) is 0 Å². The van der Waals surface area contributed by atoms with Crippen molar-refractivity contribution in [2.45, 2.75) is 19.4 Å². The molecule has 0 radical (unpaired) electrons. The highest BCUT2D eigenvalue weighted by molar-refractivity contribution is 7.91. The van der Waals surface area contributed by atoms with Crippen LogP contribution in [0.2, 0.25) is 0 Å². The number of hydrogen-bond donors (Lipinski definition) is 0. The lowest BCUT2D eigenvalue weighted by Gasteiger charge is -2.29. The predicted molar refractivity (Wildman–Crippen MR) is 96.8 cm³/mol. The van der Waals surface area contributed by atoms with Crippen LogP contribution in [-0.2, 0) is 14.6 Å². The van der Waals surface area contributed by atoms with E-state index in [-0.39, 0.29) is 41.4 Å². The lowest BCUT2D eigenvalue weighted by Crippen LogP contribution is -2.44. The third-order valence-electron chi connectivity index (χ3n) is 4.15. The number of hydrogen-bond acceptors (Lipinski definition) is 7. The molecule has 0 aromatic carbocycles. The van der Waals surface area contributed by atoms with Crippen molar-refractivity contribution in [2.24, 2.45) is 0 Å². The van der Waals surface area contributed by atoms with Crippen molar-refractivity contribution in [1.29, 1.82) is 0 Å². The van der Waals surface area contributed by atoms with Crippen LogP contribution in [0, 0.1) is 0 Å². The van der Waals surface area contributed by atoms with Crippen molar-refractivity contribution >= 4 is 21.7 Å². The van der Waals surface area contributed by atoms with Crippen LogP contribution in [0.15, 0.2) is 18.2 Å². The Morgan fingerprint density at radius 2 is 1.92 bits per heavy atom. The molecule has 1 aromatic rings. The summed E-state index contributed by atoms with van der Waals surface area (Å²) in [4.78, 5) is 32.4. The smallest absolute Gasteiger partial charge is 0.356 e. The van der Waals surface area contributed by atoms with E-state index in [1.165, 1.54) is 12.1 Å². The Hall–Kier alpha value is -2.00. The average Bonchev–Trinajstić information content (AvgIpc) is 2.94. The number of sulfone groups is 1. The number of likely N-dealkylation sites (N-methyl/N-ethyl adjacent to an activating group) is 1. The summed E-state index contributed by atoms with van der Waals surface area (Å²) >= 11 is 0. The van der Waals surface area contributed by atoms with Crippen LogP contribution < -0.4 is 0 Å². The lowest BCUT2D eigenvalue weighted by molar-refractivity contribution is 0.0519. The summed E-state index contributed by atoms with van der Waals surface area (Å²) in [6, 6.07) is 4.21. The third kappa shape index (κ3) is 5.25. The monoisotopic (exact) mass is 383 g/mol. The molecule has 8 nitrogen and oxygen atoms in total. The number of rotatable bonds is 7. The zero-order chi connectivity index (χ0) is 19.3. The van der Waals surface area contributed by atoms with Crippen LogP contribution in [0.5, 0.6) is 0 Å². The second-order valence-electron chi connectivity index (χ2n) is 6.49. The zero-order valence-electron chi connectivity index (χ0n) is 15.3. The molecule has 0 saturated carbocycles. The zero-order valence-corrected chi connectivity index (χ0v) is 16.2. The molecule has 1 aliphatic rings. The van der Waals surface area contributed by atoms with E-state index in [0.29, 0.717) is 19.5 Å². The first-order valence-electron chi connectivity index (χ1n) is 8.54. The van der Waals surface area contributed by atoms with E-state index in [1.807, 2.05) is 19.0 Å². The minimum absolute atomic E-state index is 0.0380. The van der Waals surface area contributed by atoms with Gasteiger partial charge < -0.3 is 14.5 Å². The molecule has 9 heteroatoms. The van der Waals surface area contributed by atoms with Crippen molar-refractivity contribution in [2.75, 3.05) is 45.3 Å². The normalized spacial score (nSPS) is 18.7. The topological polar surface area (TPSA) is 96.9 Å². The molecule has 26 heavy (non-hydrogen) atoms. The summed E-state index contributed by atoms with van der Waals surface area (Å²) in [5, 5.41) is 0. The quantitative estimate of drug-likeness (QED) is 0.631. The number of esters is 1. The first kappa shape index (κ1) is 20.3. The summed E-state index contributed by atoms with van der Waals surface area (Å²) in [6.45, 7) is 2.89. The van der Waals surface area contributed by atoms with E-state index in [2.05, 4.69) is 4.98 Å². The van der Waals surface area contributed by atoms with Crippen LogP contribution in [0.4, 0.5) is 0 Å². The van der Waals surface area contributed by atoms with Gasteiger partial charge in [0, 0.05) is 19.1 Å². The van der Waals surface area contributed by atoms with Gasteiger partial charge in [-0.05, 0) is 39.6 Å². The van der Waals surface area contributed by atoms with Crippen molar-refractivity contribution in [1.82, 2.24) is 14.8 Å². The molecule has 0 spiro atoms. The minimum Gasteiger partial charge on any atom is -0.461 e. The maximum absolute atomic E-state index is 13.0.